The van der Waals surface area contributed by atoms with Crippen LogP contribution in [0.2, 0.25) is 0 Å². The van der Waals surface area contributed by atoms with Crippen LogP contribution in [-0.2, 0) is 0 Å². The molecule has 1 aromatic heterocycles. The molecule has 3 heteroatoms. The molecule has 2 aliphatic heterocycles. The third-order valence-corrected chi connectivity index (χ3v) is 3.88. The molecule has 0 aromatic carbocycles. The lowest BCUT2D eigenvalue weighted by Gasteiger charge is -2.45. The second-order valence-corrected chi connectivity index (χ2v) is 4.87. The highest BCUT2D eigenvalue weighted by molar-refractivity contribution is 5.94. The standard InChI is InChI=1S/C13H16N2O/c16-13(11-2-1-7-14-8-11)15-9-10-3-5-12(15)6-4-10/h1-2,7-8,10,12H,3-6,9H2. The molecule has 3 heterocycles. The van der Waals surface area contributed by atoms with E-state index in [1.165, 1.54) is 25.7 Å². The fraction of sp³-hybridized carbons (Fsp3) is 0.538. The predicted octanol–water partition coefficient (Wildman–Crippen LogP) is 2.10. The summed E-state index contributed by atoms with van der Waals surface area (Å²) in [4.78, 5) is 18.4. The zero-order valence-corrected chi connectivity index (χ0v) is 9.30. The molecule has 16 heavy (non-hydrogen) atoms. The van der Waals surface area contributed by atoms with Crippen LogP contribution < -0.4 is 0 Å². The van der Waals surface area contributed by atoms with Crippen LogP contribution in [0.5, 0.6) is 0 Å². The highest BCUT2D eigenvalue weighted by Crippen LogP contribution is 2.35. The number of fused-ring (bicyclic) bond motifs is 3. The maximum absolute atomic E-state index is 12.3. The molecule has 3 fully saturated rings. The van der Waals surface area contributed by atoms with E-state index in [4.69, 9.17) is 0 Å². The van der Waals surface area contributed by atoms with Gasteiger partial charge < -0.3 is 4.90 Å². The largest absolute Gasteiger partial charge is 0.335 e. The van der Waals surface area contributed by atoms with E-state index in [9.17, 15) is 4.79 Å². The summed E-state index contributed by atoms with van der Waals surface area (Å²) >= 11 is 0. The van der Waals surface area contributed by atoms with Gasteiger partial charge in [-0.1, -0.05) is 0 Å². The van der Waals surface area contributed by atoms with Gasteiger partial charge in [-0.3, -0.25) is 9.78 Å². The molecule has 1 aromatic rings. The predicted molar refractivity (Wildman–Crippen MR) is 61.0 cm³/mol. The number of hydrogen-bond donors (Lipinski definition) is 0. The van der Waals surface area contributed by atoms with Crippen molar-refractivity contribution < 1.29 is 4.79 Å². The molecule has 3 nitrogen and oxygen atoms in total. The van der Waals surface area contributed by atoms with Gasteiger partial charge in [0.25, 0.3) is 5.91 Å². The summed E-state index contributed by atoms with van der Waals surface area (Å²) in [6.45, 7) is 0.957. The van der Waals surface area contributed by atoms with Crippen LogP contribution in [0.15, 0.2) is 24.5 Å². The number of aromatic nitrogens is 1. The third-order valence-electron chi connectivity index (χ3n) is 3.88. The van der Waals surface area contributed by atoms with Gasteiger partial charge in [0, 0.05) is 25.0 Å². The van der Waals surface area contributed by atoms with Crippen LogP contribution in [0, 0.1) is 5.92 Å². The molecule has 84 valence electrons. The molecule has 0 radical (unpaired) electrons. The van der Waals surface area contributed by atoms with Crippen molar-refractivity contribution in [2.75, 3.05) is 6.54 Å². The lowest BCUT2D eigenvalue weighted by molar-refractivity contribution is 0.0333. The lowest BCUT2D eigenvalue weighted by atomic mass is 9.80. The first-order chi connectivity index (χ1) is 7.84. The quantitative estimate of drug-likeness (QED) is 0.720. The second-order valence-electron chi connectivity index (χ2n) is 4.87. The van der Waals surface area contributed by atoms with Gasteiger partial charge in [0.05, 0.1) is 5.56 Å². The highest BCUT2D eigenvalue weighted by Gasteiger charge is 2.36. The molecule has 0 atom stereocenters. The molecule has 1 aliphatic carbocycles. The van der Waals surface area contributed by atoms with Gasteiger partial charge in [-0.15, -0.1) is 0 Å². The van der Waals surface area contributed by atoms with Gasteiger partial charge in [-0.2, -0.15) is 0 Å². The van der Waals surface area contributed by atoms with Gasteiger partial charge in [-0.25, -0.2) is 0 Å². The summed E-state index contributed by atoms with van der Waals surface area (Å²) in [5, 5.41) is 0. The second kappa shape index (κ2) is 3.89. The van der Waals surface area contributed by atoms with E-state index < -0.39 is 0 Å². The Morgan fingerprint density at radius 3 is 2.69 bits per heavy atom. The molecular weight excluding hydrogens is 200 g/mol. The van der Waals surface area contributed by atoms with Gasteiger partial charge >= 0.3 is 0 Å². The molecule has 1 saturated carbocycles. The van der Waals surface area contributed by atoms with Crippen molar-refractivity contribution in [3.8, 4) is 0 Å². The molecule has 4 rings (SSSR count). The van der Waals surface area contributed by atoms with Gasteiger partial charge in [0.1, 0.15) is 0 Å². The summed E-state index contributed by atoms with van der Waals surface area (Å²) in [7, 11) is 0. The van der Waals surface area contributed by atoms with Crippen LogP contribution in [0.4, 0.5) is 0 Å². The van der Waals surface area contributed by atoms with Crippen molar-refractivity contribution in [2.45, 2.75) is 31.7 Å². The van der Waals surface area contributed by atoms with Crippen molar-refractivity contribution in [1.82, 2.24) is 9.88 Å². The smallest absolute Gasteiger partial charge is 0.255 e. The van der Waals surface area contributed by atoms with Crippen molar-refractivity contribution in [3.05, 3.63) is 30.1 Å². The van der Waals surface area contributed by atoms with Crippen molar-refractivity contribution in [1.29, 1.82) is 0 Å². The van der Waals surface area contributed by atoms with Crippen LogP contribution >= 0.6 is 0 Å². The Morgan fingerprint density at radius 2 is 2.12 bits per heavy atom. The van der Waals surface area contributed by atoms with Gasteiger partial charge in [-0.05, 0) is 43.7 Å². The van der Waals surface area contributed by atoms with Crippen LogP contribution in [-0.4, -0.2) is 28.4 Å². The zero-order valence-electron chi connectivity index (χ0n) is 9.30. The Morgan fingerprint density at radius 1 is 1.31 bits per heavy atom. The van der Waals surface area contributed by atoms with Crippen molar-refractivity contribution in [3.63, 3.8) is 0 Å². The summed E-state index contributed by atoms with van der Waals surface area (Å²) in [6.07, 6.45) is 8.38. The third kappa shape index (κ3) is 1.60. The monoisotopic (exact) mass is 216 g/mol. The average molecular weight is 216 g/mol. The first-order valence-corrected chi connectivity index (χ1v) is 6.05. The minimum Gasteiger partial charge on any atom is -0.335 e. The maximum atomic E-state index is 12.3. The molecule has 2 bridgehead atoms. The van der Waals surface area contributed by atoms with E-state index in [2.05, 4.69) is 9.88 Å². The molecule has 1 amide bonds. The Kier molecular flexibility index (Phi) is 2.39. The van der Waals surface area contributed by atoms with Crippen LogP contribution in [0.25, 0.3) is 0 Å². The number of nitrogens with zero attached hydrogens (tertiary/aromatic N) is 2. The molecular formula is C13H16N2O. The minimum atomic E-state index is 0.169. The van der Waals surface area contributed by atoms with E-state index in [1.807, 2.05) is 12.1 Å². The Balaban J connectivity index is 1.81. The molecule has 2 saturated heterocycles. The van der Waals surface area contributed by atoms with E-state index in [-0.39, 0.29) is 5.91 Å². The Bertz CT molecular complexity index is 382. The fourth-order valence-electron chi connectivity index (χ4n) is 2.97. The first-order valence-electron chi connectivity index (χ1n) is 6.05. The summed E-state index contributed by atoms with van der Waals surface area (Å²) < 4.78 is 0. The Hall–Kier alpha value is -1.38. The number of hydrogen-bond acceptors (Lipinski definition) is 2. The normalized spacial score (nSPS) is 28.1. The number of amides is 1. The summed E-state index contributed by atoms with van der Waals surface area (Å²) in [5.41, 5.74) is 0.732. The SMILES string of the molecule is O=C(c1cccnc1)N1CC2CCC1CC2. The lowest BCUT2D eigenvalue weighted by Crippen LogP contribution is -2.50. The van der Waals surface area contributed by atoms with E-state index >= 15 is 0 Å². The Labute approximate surface area is 95.5 Å². The zero-order chi connectivity index (χ0) is 11.0. The number of carbonyl (C=O) groups is 1. The number of rotatable bonds is 1. The maximum Gasteiger partial charge on any atom is 0.255 e. The topological polar surface area (TPSA) is 33.2 Å². The number of piperidine rings is 2. The van der Waals surface area contributed by atoms with E-state index in [1.54, 1.807) is 12.4 Å². The van der Waals surface area contributed by atoms with E-state index in [0.717, 1.165) is 18.0 Å². The molecule has 0 spiro atoms. The summed E-state index contributed by atoms with van der Waals surface area (Å²) in [5.74, 6) is 0.910. The van der Waals surface area contributed by atoms with Gasteiger partial charge in [0.2, 0.25) is 0 Å². The molecule has 0 N–H and O–H groups in total. The van der Waals surface area contributed by atoms with Crippen LogP contribution in [0.3, 0.4) is 0 Å². The highest BCUT2D eigenvalue weighted by atomic mass is 16.2. The average Bonchev–Trinajstić information content (AvgIpc) is 2.40. The molecule has 3 aliphatic rings. The van der Waals surface area contributed by atoms with E-state index in [0.29, 0.717) is 6.04 Å². The minimum absolute atomic E-state index is 0.169. The molecule has 0 unspecified atom stereocenters. The summed E-state index contributed by atoms with van der Waals surface area (Å²) in [6, 6.07) is 4.17. The van der Waals surface area contributed by atoms with Crippen molar-refractivity contribution >= 4 is 5.91 Å². The van der Waals surface area contributed by atoms with Crippen molar-refractivity contribution in [2.24, 2.45) is 5.92 Å². The fourth-order valence-corrected chi connectivity index (χ4v) is 2.97. The van der Waals surface area contributed by atoms with Gasteiger partial charge in [0.15, 0.2) is 0 Å². The van der Waals surface area contributed by atoms with Crippen LogP contribution in [0.1, 0.15) is 36.0 Å². The number of carbonyl (C=O) groups excluding carboxylic acids is 1. The first kappa shape index (κ1) is 9.82. The number of pyridine rings is 1.